The molecule has 0 radical (unpaired) electrons. The maximum absolute atomic E-state index is 12.1. The van der Waals surface area contributed by atoms with E-state index < -0.39 is 34.4 Å². The highest BCUT2D eigenvalue weighted by Gasteiger charge is 2.31. The van der Waals surface area contributed by atoms with E-state index in [1.165, 1.54) is 17.8 Å². The molecule has 1 aliphatic carbocycles. The molecule has 0 saturated carbocycles. The Bertz CT molecular complexity index is 713. The first kappa shape index (κ1) is 16.9. The number of halogens is 3. The number of nitrogens with zero attached hydrogens (tertiary/aromatic N) is 2. The van der Waals surface area contributed by atoms with Crippen molar-refractivity contribution in [3.05, 3.63) is 27.7 Å². The predicted octanol–water partition coefficient (Wildman–Crippen LogP) is 0.509. The SMILES string of the molecule is Cn1nc2c(cc1=O)CC(NS(=O)(=O)CCC(F)(F)F)CC2. The second kappa shape index (κ2) is 5.99. The zero-order valence-electron chi connectivity index (χ0n) is 11.9. The highest BCUT2D eigenvalue weighted by Crippen LogP contribution is 2.21. The summed E-state index contributed by atoms with van der Waals surface area (Å²) >= 11 is 0. The molecule has 0 aliphatic heterocycles. The van der Waals surface area contributed by atoms with E-state index in [9.17, 15) is 26.4 Å². The van der Waals surface area contributed by atoms with Crippen LogP contribution in [0.4, 0.5) is 13.2 Å². The van der Waals surface area contributed by atoms with Gasteiger partial charge in [0.15, 0.2) is 0 Å². The molecule has 22 heavy (non-hydrogen) atoms. The average Bonchev–Trinajstić information content (AvgIpc) is 2.37. The third-order valence-electron chi connectivity index (χ3n) is 3.45. The third-order valence-corrected chi connectivity index (χ3v) is 4.89. The zero-order chi connectivity index (χ0) is 16.5. The molecule has 2 rings (SSSR count). The Kier molecular flexibility index (Phi) is 4.62. The molecule has 1 atom stereocenters. The van der Waals surface area contributed by atoms with Crippen molar-refractivity contribution in [1.29, 1.82) is 0 Å². The smallest absolute Gasteiger partial charge is 0.268 e. The highest BCUT2D eigenvalue weighted by atomic mass is 32.2. The topological polar surface area (TPSA) is 81.1 Å². The van der Waals surface area contributed by atoms with Gasteiger partial charge in [-0.15, -0.1) is 0 Å². The molecule has 1 unspecified atom stereocenters. The molecular formula is C12H16F3N3O3S. The molecule has 0 spiro atoms. The fraction of sp³-hybridized carbons (Fsp3) is 0.667. The molecular weight excluding hydrogens is 323 g/mol. The van der Waals surface area contributed by atoms with Gasteiger partial charge in [-0.2, -0.15) is 18.3 Å². The van der Waals surface area contributed by atoms with Crippen LogP contribution in [0.15, 0.2) is 10.9 Å². The van der Waals surface area contributed by atoms with E-state index in [2.05, 4.69) is 9.82 Å². The first-order chi connectivity index (χ1) is 10.1. The molecule has 1 N–H and O–H groups in total. The summed E-state index contributed by atoms with van der Waals surface area (Å²) in [6.07, 6.45) is -4.74. The lowest BCUT2D eigenvalue weighted by atomic mass is 9.93. The van der Waals surface area contributed by atoms with Gasteiger partial charge in [0.25, 0.3) is 5.56 Å². The molecule has 0 amide bonds. The van der Waals surface area contributed by atoms with E-state index in [0.717, 1.165) is 0 Å². The minimum Gasteiger partial charge on any atom is -0.268 e. The molecule has 1 heterocycles. The normalized spacial score (nSPS) is 19.0. The highest BCUT2D eigenvalue weighted by molar-refractivity contribution is 7.89. The molecule has 10 heteroatoms. The van der Waals surface area contributed by atoms with Crippen LogP contribution in [-0.2, 0) is 29.9 Å². The van der Waals surface area contributed by atoms with Gasteiger partial charge >= 0.3 is 6.18 Å². The van der Waals surface area contributed by atoms with Gasteiger partial charge < -0.3 is 0 Å². The standard InChI is InChI=1S/C12H16F3N3O3S/c1-18-11(19)7-8-6-9(2-3-10(8)16-18)17-22(20,21)5-4-12(13,14)15/h7,9,17H,2-6H2,1H3. The fourth-order valence-corrected chi connectivity index (χ4v) is 3.68. The summed E-state index contributed by atoms with van der Waals surface area (Å²) in [5.41, 5.74) is 1.05. The second-order valence-corrected chi connectivity index (χ2v) is 7.19. The predicted molar refractivity (Wildman–Crippen MR) is 72.9 cm³/mol. The van der Waals surface area contributed by atoms with E-state index in [1.54, 1.807) is 0 Å². The van der Waals surface area contributed by atoms with Crippen molar-refractivity contribution >= 4 is 10.0 Å². The summed E-state index contributed by atoms with van der Waals surface area (Å²) in [5, 5.41) is 4.09. The van der Waals surface area contributed by atoms with Crippen LogP contribution in [0, 0.1) is 0 Å². The van der Waals surface area contributed by atoms with Crippen molar-refractivity contribution in [1.82, 2.24) is 14.5 Å². The van der Waals surface area contributed by atoms with Gasteiger partial charge in [-0.3, -0.25) is 4.79 Å². The number of rotatable bonds is 4. The van der Waals surface area contributed by atoms with Crippen LogP contribution in [-0.4, -0.2) is 36.2 Å². The number of hydrogen-bond acceptors (Lipinski definition) is 4. The Hall–Kier alpha value is -1.42. The zero-order valence-corrected chi connectivity index (χ0v) is 12.7. The molecule has 1 aromatic heterocycles. The van der Waals surface area contributed by atoms with E-state index in [-0.39, 0.29) is 12.0 Å². The monoisotopic (exact) mass is 339 g/mol. The summed E-state index contributed by atoms with van der Waals surface area (Å²) in [4.78, 5) is 11.5. The Morgan fingerprint density at radius 3 is 2.77 bits per heavy atom. The molecule has 6 nitrogen and oxygen atoms in total. The minimum atomic E-state index is -4.51. The van der Waals surface area contributed by atoms with Crippen molar-refractivity contribution < 1.29 is 21.6 Å². The number of nitrogens with one attached hydrogen (secondary N) is 1. The summed E-state index contributed by atoms with van der Waals surface area (Å²) in [5.74, 6) is -0.991. The lowest BCUT2D eigenvalue weighted by Gasteiger charge is -2.24. The number of fused-ring (bicyclic) bond motifs is 1. The fourth-order valence-electron chi connectivity index (χ4n) is 2.35. The molecule has 0 aromatic carbocycles. The second-order valence-electron chi connectivity index (χ2n) is 5.32. The molecule has 0 bridgehead atoms. The maximum atomic E-state index is 12.1. The lowest BCUT2D eigenvalue weighted by Crippen LogP contribution is -2.41. The summed E-state index contributed by atoms with van der Waals surface area (Å²) in [6.45, 7) is 0. The van der Waals surface area contributed by atoms with Gasteiger partial charge in [0, 0.05) is 19.2 Å². The third kappa shape index (κ3) is 4.54. The molecule has 1 aromatic rings. The van der Waals surface area contributed by atoms with Crippen LogP contribution in [0.2, 0.25) is 0 Å². The van der Waals surface area contributed by atoms with Crippen LogP contribution < -0.4 is 10.3 Å². The van der Waals surface area contributed by atoms with Gasteiger partial charge in [0.1, 0.15) is 0 Å². The largest absolute Gasteiger partial charge is 0.390 e. The summed E-state index contributed by atoms with van der Waals surface area (Å²) < 4.78 is 63.2. The van der Waals surface area contributed by atoms with Crippen LogP contribution in [0.3, 0.4) is 0 Å². The van der Waals surface area contributed by atoms with Gasteiger partial charge in [-0.1, -0.05) is 0 Å². The Morgan fingerprint density at radius 2 is 2.14 bits per heavy atom. The minimum absolute atomic E-state index is 0.254. The first-order valence-electron chi connectivity index (χ1n) is 6.68. The summed E-state index contributed by atoms with van der Waals surface area (Å²) in [7, 11) is -2.49. The quantitative estimate of drug-likeness (QED) is 0.867. The average molecular weight is 339 g/mol. The molecule has 0 saturated heterocycles. The van der Waals surface area contributed by atoms with Crippen LogP contribution in [0.25, 0.3) is 0 Å². The van der Waals surface area contributed by atoms with Crippen molar-refractivity contribution in [3.8, 4) is 0 Å². The van der Waals surface area contributed by atoms with Crippen LogP contribution >= 0.6 is 0 Å². The Labute approximate surface area is 125 Å². The summed E-state index contributed by atoms with van der Waals surface area (Å²) in [6, 6.07) is 0.873. The van der Waals surface area contributed by atoms with Gasteiger partial charge in [-0.05, 0) is 24.8 Å². The molecule has 124 valence electrons. The Morgan fingerprint density at radius 1 is 1.45 bits per heavy atom. The van der Waals surface area contributed by atoms with Gasteiger partial charge in [0.2, 0.25) is 10.0 Å². The van der Waals surface area contributed by atoms with Gasteiger partial charge in [-0.25, -0.2) is 17.8 Å². The van der Waals surface area contributed by atoms with Crippen molar-refractivity contribution in [2.45, 2.75) is 37.9 Å². The molecule has 0 fully saturated rings. The first-order valence-corrected chi connectivity index (χ1v) is 8.34. The van der Waals surface area contributed by atoms with E-state index in [1.807, 2.05) is 0 Å². The van der Waals surface area contributed by atoms with E-state index >= 15 is 0 Å². The van der Waals surface area contributed by atoms with Gasteiger partial charge in [0.05, 0.1) is 17.9 Å². The number of hydrogen-bond donors (Lipinski definition) is 1. The lowest BCUT2D eigenvalue weighted by molar-refractivity contribution is -0.130. The molecule has 1 aliphatic rings. The number of aromatic nitrogens is 2. The maximum Gasteiger partial charge on any atom is 0.390 e. The number of sulfonamides is 1. The van der Waals surface area contributed by atoms with Crippen LogP contribution in [0.5, 0.6) is 0 Å². The van der Waals surface area contributed by atoms with Crippen molar-refractivity contribution in [2.75, 3.05) is 5.75 Å². The van der Waals surface area contributed by atoms with E-state index in [0.29, 0.717) is 24.1 Å². The Balaban J connectivity index is 2.04. The van der Waals surface area contributed by atoms with Crippen molar-refractivity contribution in [2.24, 2.45) is 7.05 Å². The van der Waals surface area contributed by atoms with E-state index in [4.69, 9.17) is 0 Å². The van der Waals surface area contributed by atoms with Crippen molar-refractivity contribution in [3.63, 3.8) is 0 Å². The van der Waals surface area contributed by atoms with Crippen LogP contribution in [0.1, 0.15) is 24.1 Å². The number of alkyl halides is 3. The number of aryl methyl sites for hydroxylation is 2.